The van der Waals surface area contributed by atoms with Crippen molar-refractivity contribution >= 4 is 33.3 Å². The first-order valence-corrected chi connectivity index (χ1v) is 9.70. The standard InChI is InChI=1S/C18H20N2O6S/c1-25-14-10-8-13(9-11-14)20(27(3,23)24)12-17(21)19-16-7-5-4-6-15(16)18(22)26-2/h4-11H,12H2,1-3H3,(H,19,21). The van der Waals surface area contributed by atoms with Gasteiger partial charge in [-0.1, -0.05) is 12.1 Å². The van der Waals surface area contributed by atoms with Crippen LogP contribution in [0.4, 0.5) is 11.4 Å². The second kappa shape index (κ2) is 8.54. The normalized spacial score (nSPS) is 10.8. The van der Waals surface area contributed by atoms with Gasteiger partial charge in [0.05, 0.1) is 37.4 Å². The van der Waals surface area contributed by atoms with Crippen LogP contribution in [0.15, 0.2) is 48.5 Å². The molecule has 27 heavy (non-hydrogen) atoms. The minimum absolute atomic E-state index is 0.170. The molecule has 2 rings (SSSR count). The van der Waals surface area contributed by atoms with Gasteiger partial charge in [-0.05, 0) is 36.4 Å². The molecule has 1 amide bonds. The predicted octanol–water partition coefficient (Wildman–Crippen LogP) is 1.89. The fraction of sp³-hybridized carbons (Fsp3) is 0.222. The van der Waals surface area contributed by atoms with E-state index in [1.807, 2.05) is 0 Å². The van der Waals surface area contributed by atoms with Crippen LogP contribution in [0.5, 0.6) is 5.75 Å². The van der Waals surface area contributed by atoms with Crippen molar-refractivity contribution in [3.05, 3.63) is 54.1 Å². The predicted molar refractivity (Wildman–Crippen MR) is 102 cm³/mol. The van der Waals surface area contributed by atoms with Gasteiger partial charge in [-0.3, -0.25) is 9.10 Å². The van der Waals surface area contributed by atoms with Gasteiger partial charge in [0.1, 0.15) is 12.3 Å². The van der Waals surface area contributed by atoms with Crippen molar-refractivity contribution in [2.75, 3.05) is 36.6 Å². The number of sulfonamides is 1. The zero-order valence-corrected chi connectivity index (χ0v) is 15.9. The average molecular weight is 392 g/mol. The summed E-state index contributed by atoms with van der Waals surface area (Å²) in [5.74, 6) is -0.655. The van der Waals surface area contributed by atoms with Crippen molar-refractivity contribution in [3.8, 4) is 5.75 Å². The molecule has 2 aromatic carbocycles. The number of carbonyl (C=O) groups excluding carboxylic acids is 2. The maximum atomic E-state index is 12.4. The molecule has 0 spiro atoms. The zero-order valence-electron chi connectivity index (χ0n) is 15.1. The van der Waals surface area contributed by atoms with Crippen LogP contribution in [0, 0.1) is 0 Å². The number of para-hydroxylation sites is 1. The molecular weight excluding hydrogens is 372 g/mol. The van der Waals surface area contributed by atoms with Crippen LogP contribution < -0.4 is 14.4 Å². The number of methoxy groups -OCH3 is 2. The van der Waals surface area contributed by atoms with E-state index in [0.717, 1.165) is 10.6 Å². The molecule has 0 aromatic heterocycles. The lowest BCUT2D eigenvalue weighted by molar-refractivity contribution is -0.114. The summed E-state index contributed by atoms with van der Waals surface area (Å²) in [5.41, 5.74) is 0.718. The number of hydrogen-bond acceptors (Lipinski definition) is 6. The Morgan fingerprint density at radius 3 is 2.22 bits per heavy atom. The summed E-state index contributed by atoms with van der Waals surface area (Å²) in [6.45, 7) is -0.458. The molecule has 1 N–H and O–H groups in total. The molecular formula is C18H20N2O6S. The zero-order chi connectivity index (χ0) is 20.0. The Labute approximate surface area is 157 Å². The summed E-state index contributed by atoms with van der Waals surface area (Å²) in [4.78, 5) is 24.2. The average Bonchev–Trinajstić information content (AvgIpc) is 2.65. The Morgan fingerprint density at radius 2 is 1.67 bits per heavy atom. The van der Waals surface area contributed by atoms with Crippen LogP contribution >= 0.6 is 0 Å². The summed E-state index contributed by atoms with van der Waals surface area (Å²) in [7, 11) is -0.988. The SMILES string of the molecule is COC(=O)c1ccccc1NC(=O)CN(c1ccc(OC)cc1)S(C)(=O)=O. The van der Waals surface area contributed by atoms with E-state index in [1.165, 1.54) is 38.5 Å². The molecule has 0 aliphatic heterocycles. The molecule has 8 nitrogen and oxygen atoms in total. The van der Waals surface area contributed by atoms with Crippen LogP contribution in [-0.2, 0) is 19.6 Å². The van der Waals surface area contributed by atoms with Gasteiger partial charge in [-0.25, -0.2) is 13.2 Å². The van der Waals surface area contributed by atoms with Crippen LogP contribution in [0.2, 0.25) is 0 Å². The van der Waals surface area contributed by atoms with E-state index < -0.39 is 28.4 Å². The highest BCUT2D eigenvalue weighted by atomic mass is 32.2. The first kappa shape index (κ1) is 20.2. The van der Waals surface area contributed by atoms with Gasteiger partial charge in [0.25, 0.3) is 0 Å². The van der Waals surface area contributed by atoms with Crippen molar-refractivity contribution in [2.24, 2.45) is 0 Å². The Bertz CT molecular complexity index is 925. The van der Waals surface area contributed by atoms with Crippen LogP contribution in [0.1, 0.15) is 10.4 Å². The minimum Gasteiger partial charge on any atom is -0.497 e. The van der Waals surface area contributed by atoms with E-state index in [0.29, 0.717) is 11.4 Å². The highest BCUT2D eigenvalue weighted by molar-refractivity contribution is 7.92. The Kier molecular flexibility index (Phi) is 6.40. The third kappa shape index (κ3) is 5.20. The van der Waals surface area contributed by atoms with Gasteiger partial charge in [0.2, 0.25) is 15.9 Å². The van der Waals surface area contributed by atoms with Crippen LogP contribution in [0.25, 0.3) is 0 Å². The molecule has 0 fully saturated rings. The number of ether oxygens (including phenoxy) is 2. The molecule has 0 atom stereocenters. The van der Waals surface area contributed by atoms with E-state index in [2.05, 4.69) is 10.1 Å². The Morgan fingerprint density at radius 1 is 1.04 bits per heavy atom. The first-order valence-electron chi connectivity index (χ1n) is 7.85. The van der Waals surface area contributed by atoms with Crippen molar-refractivity contribution in [2.45, 2.75) is 0 Å². The molecule has 0 unspecified atom stereocenters. The molecule has 0 bridgehead atoms. The maximum Gasteiger partial charge on any atom is 0.339 e. The smallest absolute Gasteiger partial charge is 0.339 e. The largest absolute Gasteiger partial charge is 0.497 e. The van der Waals surface area contributed by atoms with Gasteiger partial charge >= 0.3 is 5.97 Å². The van der Waals surface area contributed by atoms with Crippen molar-refractivity contribution in [1.82, 2.24) is 0 Å². The van der Waals surface area contributed by atoms with Crippen LogP contribution in [-0.4, -0.2) is 47.3 Å². The van der Waals surface area contributed by atoms with Gasteiger partial charge in [0.15, 0.2) is 0 Å². The number of amides is 1. The van der Waals surface area contributed by atoms with Gasteiger partial charge in [-0.2, -0.15) is 0 Å². The van der Waals surface area contributed by atoms with E-state index in [9.17, 15) is 18.0 Å². The van der Waals surface area contributed by atoms with Crippen LogP contribution in [0.3, 0.4) is 0 Å². The molecule has 0 heterocycles. The second-order valence-electron chi connectivity index (χ2n) is 5.55. The molecule has 9 heteroatoms. The quantitative estimate of drug-likeness (QED) is 0.722. The molecule has 0 saturated carbocycles. The molecule has 0 saturated heterocycles. The first-order chi connectivity index (χ1) is 12.8. The van der Waals surface area contributed by atoms with E-state index >= 15 is 0 Å². The Balaban J connectivity index is 2.24. The lowest BCUT2D eigenvalue weighted by atomic mass is 10.2. The van der Waals surface area contributed by atoms with Gasteiger partial charge in [-0.15, -0.1) is 0 Å². The second-order valence-corrected chi connectivity index (χ2v) is 7.46. The number of nitrogens with zero attached hydrogens (tertiary/aromatic N) is 1. The maximum absolute atomic E-state index is 12.4. The molecule has 0 aliphatic carbocycles. The number of hydrogen-bond donors (Lipinski definition) is 1. The van der Waals surface area contributed by atoms with E-state index in [4.69, 9.17) is 4.74 Å². The fourth-order valence-electron chi connectivity index (χ4n) is 2.35. The summed E-state index contributed by atoms with van der Waals surface area (Å²) in [6.07, 6.45) is 1.01. The molecule has 144 valence electrons. The number of esters is 1. The third-order valence-corrected chi connectivity index (χ3v) is 4.79. The highest BCUT2D eigenvalue weighted by Crippen LogP contribution is 2.22. The van der Waals surface area contributed by atoms with Gasteiger partial charge in [0, 0.05) is 0 Å². The lowest BCUT2D eigenvalue weighted by Crippen LogP contribution is -2.37. The number of carbonyl (C=O) groups is 2. The summed E-state index contributed by atoms with van der Waals surface area (Å²) >= 11 is 0. The topological polar surface area (TPSA) is 102 Å². The summed E-state index contributed by atoms with van der Waals surface area (Å²) in [6, 6.07) is 12.6. The van der Waals surface area contributed by atoms with E-state index in [-0.39, 0.29) is 11.3 Å². The van der Waals surface area contributed by atoms with E-state index in [1.54, 1.807) is 24.3 Å². The fourth-order valence-corrected chi connectivity index (χ4v) is 3.21. The molecule has 0 radical (unpaired) electrons. The Hall–Kier alpha value is -3.07. The summed E-state index contributed by atoms with van der Waals surface area (Å²) < 4.78 is 35.0. The number of benzene rings is 2. The highest BCUT2D eigenvalue weighted by Gasteiger charge is 2.22. The molecule has 0 aliphatic rings. The summed E-state index contributed by atoms with van der Waals surface area (Å²) in [5, 5.41) is 2.55. The third-order valence-electron chi connectivity index (χ3n) is 3.65. The monoisotopic (exact) mass is 392 g/mol. The number of rotatable bonds is 7. The number of nitrogens with one attached hydrogen (secondary N) is 1. The minimum atomic E-state index is -3.72. The van der Waals surface area contributed by atoms with Gasteiger partial charge < -0.3 is 14.8 Å². The molecule has 2 aromatic rings. The lowest BCUT2D eigenvalue weighted by Gasteiger charge is -2.22. The van der Waals surface area contributed by atoms with Crippen molar-refractivity contribution in [3.63, 3.8) is 0 Å². The number of anilines is 2. The van der Waals surface area contributed by atoms with Crippen molar-refractivity contribution in [1.29, 1.82) is 0 Å². The van der Waals surface area contributed by atoms with Crippen molar-refractivity contribution < 1.29 is 27.5 Å².